The van der Waals surface area contributed by atoms with Crippen molar-refractivity contribution >= 4 is 23.0 Å². The van der Waals surface area contributed by atoms with Crippen molar-refractivity contribution in [3.63, 3.8) is 0 Å². The standard InChI is InChI=1S/C53H84O7P2/c1-33(2)41-25-21-37(9)29-49(41)57-61(58-50-30-38(10)22-26-42(50)34(3)4)55-47-19-15-13-17-45(47)53(54)46-18-14-16-20-48(46)56-62(59-51-31-39(11)23-27-43(51)35(5)6)60-52-32-40(12)24-28-44(52)36(7)8/h13-20,33-44,49-52H,21-32H2,1-12H3/t37-,38-,39-,40-,41+,42+,43+,44?,49-,50-,51-,52-,62?/m1/s1. The molecule has 0 heterocycles. The summed E-state index contributed by atoms with van der Waals surface area (Å²) in [5.41, 5.74) is 0.928. The Kier molecular flexibility index (Phi) is 18.7. The van der Waals surface area contributed by atoms with Crippen molar-refractivity contribution in [2.24, 2.45) is 71.0 Å². The quantitative estimate of drug-likeness (QED) is 0.109. The van der Waals surface area contributed by atoms with Crippen LogP contribution in [0.5, 0.6) is 11.5 Å². The van der Waals surface area contributed by atoms with Gasteiger partial charge in [0.15, 0.2) is 0 Å². The molecule has 4 saturated carbocycles. The summed E-state index contributed by atoms with van der Waals surface area (Å²) < 4.78 is 42.2. The van der Waals surface area contributed by atoms with E-state index in [0.29, 0.717) is 93.6 Å². The maximum atomic E-state index is 15.0. The third-order valence-electron chi connectivity index (χ3n) is 15.3. The Morgan fingerprint density at radius 3 is 0.952 bits per heavy atom. The molecule has 13 atom stereocenters. The van der Waals surface area contributed by atoms with E-state index < -0.39 is 17.2 Å². The zero-order valence-corrected chi connectivity index (χ0v) is 42.4. The van der Waals surface area contributed by atoms with Gasteiger partial charge in [-0.05, 0) is 147 Å². The highest BCUT2D eigenvalue weighted by Gasteiger charge is 2.42. The van der Waals surface area contributed by atoms with Gasteiger partial charge in [0.05, 0.1) is 35.5 Å². The zero-order chi connectivity index (χ0) is 44.7. The first-order valence-electron chi connectivity index (χ1n) is 24.9. The number of carbonyl (C=O) groups excluding carboxylic acids is 1. The van der Waals surface area contributed by atoms with Crippen LogP contribution < -0.4 is 9.05 Å². The van der Waals surface area contributed by atoms with Gasteiger partial charge in [-0.25, -0.2) is 0 Å². The first-order chi connectivity index (χ1) is 29.6. The van der Waals surface area contributed by atoms with Crippen LogP contribution in [-0.4, -0.2) is 30.2 Å². The summed E-state index contributed by atoms with van der Waals surface area (Å²) in [5, 5.41) is 0. The van der Waals surface area contributed by atoms with E-state index in [-0.39, 0.29) is 30.2 Å². The Bertz CT molecular complexity index is 1490. The third kappa shape index (κ3) is 13.3. The van der Waals surface area contributed by atoms with Gasteiger partial charge in [0.25, 0.3) is 0 Å². The summed E-state index contributed by atoms with van der Waals surface area (Å²) in [6, 6.07) is 15.2. The highest BCUT2D eigenvalue weighted by atomic mass is 31.2. The molecule has 2 aromatic rings. The SMILES string of the molecule is CC(C)C1CC[C@@H](C)C[C@H]1OP(Oc1ccccc1C(=O)c1ccccc1OP(O[C@@H]1C[C@H](C)CC[C@H]1C(C)C)O[C@@H]1C[C@H](C)CC[C@H]1C(C)C)O[C@@H]1C[C@H](C)CC[C@H]1C(C)C. The van der Waals surface area contributed by atoms with Gasteiger partial charge in [0.2, 0.25) is 5.78 Å². The fourth-order valence-electron chi connectivity index (χ4n) is 11.3. The molecule has 0 N–H and O–H groups in total. The van der Waals surface area contributed by atoms with Crippen LogP contribution in [0, 0.1) is 71.0 Å². The molecule has 0 spiro atoms. The monoisotopic (exact) mass is 895 g/mol. The minimum Gasteiger partial charge on any atom is -0.426 e. The second kappa shape index (κ2) is 23.2. The van der Waals surface area contributed by atoms with Crippen LogP contribution in [-0.2, 0) is 18.1 Å². The first kappa shape index (κ1) is 49.8. The summed E-state index contributed by atoms with van der Waals surface area (Å²) in [7, 11) is -3.65. The maximum absolute atomic E-state index is 15.0. The molecule has 2 unspecified atom stereocenters. The highest BCUT2D eigenvalue weighted by molar-refractivity contribution is 7.42. The van der Waals surface area contributed by atoms with E-state index in [0.717, 1.165) is 51.4 Å². The van der Waals surface area contributed by atoms with E-state index in [1.807, 2.05) is 48.5 Å². The predicted molar refractivity (Wildman–Crippen MR) is 256 cm³/mol. The van der Waals surface area contributed by atoms with Gasteiger partial charge in [-0.2, -0.15) is 0 Å². The molecule has 4 aliphatic rings. The Hall–Kier alpha value is -1.59. The van der Waals surface area contributed by atoms with Crippen molar-refractivity contribution in [2.75, 3.05) is 0 Å². The van der Waals surface area contributed by atoms with Gasteiger partial charge in [0, 0.05) is 0 Å². The lowest BCUT2D eigenvalue weighted by Gasteiger charge is -2.41. The maximum Gasteiger partial charge on any atom is 0.397 e. The molecule has 0 radical (unpaired) electrons. The van der Waals surface area contributed by atoms with Crippen molar-refractivity contribution in [1.82, 2.24) is 0 Å². The molecular weight excluding hydrogens is 811 g/mol. The van der Waals surface area contributed by atoms with Crippen LogP contribution in [0.3, 0.4) is 0 Å². The van der Waals surface area contributed by atoms with Gasteiger partial charge in [-0.3, -0.25) is 22.9 Å². The predicted octanol–water partition coefficient (Wildman–Crippen LogP) is 16.0. The number of carbonyl (C=O) groups is 1. The van der Waals surface area contributed by atoms with Crippen molar-refractivity contribution in [3.8, 4) is 11.5 Å². The van der Waals surface area contributed by atoms with Crippen LogP contribution in [0.25, 0.3) is 0 Å². The number of benzene rings is 2. The van der Waals surface area contributed by atoms with Gasteiger partial charge >= 0.3 is 17.2 Å². The van der Waals surface area contributed by atoms with Crippen LogP contribution in [0.1, 0.15) is 176 Å². The smallest absolute Gasteiger partial charge is 0.397 e. The van der Waals surface area contributed by atoms with Crippen LogP contribution in [0.15, 0.2) is 48.5 Å². The van der Waals surface area contributed by atoms with Crippen molar-refractivity contribution in [2.45, 2.75) is 185 Å². The summed E-state index contributed by atoms with van der Waals surface area (Å²) in [4.78, 5) is 15.0. The average molecular weight is 895 g/mol. The molecule has 4 fully saturated rings. The Morgan fingerprint density at radius 2 is 0.694 bits per heavy atom. The Labute approximate surface area is 380 Å². The number of hydrogen-bond donors (Lipinski definition) is 0. The van der Waals surface area contributed by atoms with Gasteiger partial charge in [0.1, 0.15) is 11.5 Å². The zero-order valence-electron chi connectivity index (χ0n) is 40.6. The van der Waals surface area contributed by atoms with E-state index in [9.17, 15) is 0 Å². The largest absolute Gasteiger partial charge is 0.426 e. The highest BCUT2D eigenvalue weighted by Crippen LogP contribution is 2.54. The van der Waals surface area contributed by atoms with Gasteiger partial charge < -0.3 is 9.05 Å². The number of hydrogen-bond acceptors (Lipinski definition) is 7. The normalized spacial score (nSPS) is 32.7. The molecule has 4 aliphatic carbocycles. The van der Waals surface area contributed by atoms with E-state index >= 15 is 4.79 Å². The van der Waals surface area contributed by atoms with Crippen molar-refractivity contribution < 1.29 is 31.9 Å². The lowest BCUT2D eigenvalue weighted by atomic mass is 9.75. The summed E-state index contributed by atoms with van der Waals surface area (Å²) in [6.07, 6.45) is 13.5. The number of para-hydroxylation sites is 2. The van der Waals surface area contributed by atoms with Crippen LogP contribution in [0.2, 0.25) is 0 Å². The molecule has 9 heteroatoms. The summed E-state index contributed by atoms with van der Waals surface area (Å²) in [5.74, 6) is 6.74. The molecule has 348 valence electrons. The molecule has 2 aromatic carbocycles. The fraction of sp³-hybridized carbons (Fsp3) is 0.755. The molecular formula is C53H84O7P2. The Morgan fingerprint density at radius 1 is 0.435 bits per heavy atom. The lowest BCUT2D eigenvalue weighted by Crippen LogP contribution is -2.36. The molecule has 0 saturated heterocycles. The van der Waals surface area contributed by atoms with E-state index in [1.165, 1.54) is 25.7 Å². The van der Waals surface area contributed by atoms with Crippen LogP contribution in [0.4, 0.5) is 0 Å². The number of rotatable bonds is 18. The summed E-state index contributed by atoms with van der Waals surface area (Å²) in [6.45, 7) is 27.8. The minimum atomic E-state index is -1.82. The third-order valence-corrected chi connectivity index (χ3v) is 17.8. The molecule has 0 bridgehead atoms. The van der Waals surface area contributed by atoms with Crippen LogP contribution >= 0.6 is 17.2 Å². The van der Waals surface area contributed by atoms with E-state index in [2.05, 4.69) is 83.1 Å². The molecule has 7 nitrogen and oxygen atoms in total. The topological polar surface area (TPSA) is 72.5 Å². The first-order valence-corrected chi connectivity index (χ1v) is 27.1. The lowest BCUT2D eigenvalue weighted by molar-refractivity contribution is -0.00315. The second-order valence-electron chi connectivity index (χ2n) is 21.8. The van der Waals surface area contributed by atoms with Crippen molar-refractivity contribution in [1.29, 1.82) is 0 Å². The fourth-order valence-corrected chi connectivity index (χ4v) is 14.1. The van der Waals surface area contributed by atoms with Gasteiger partial charge in [-0.15, -0.1) is 0 Å². The molecule has 62 heavy (non-hydrogen) atoms. The summed E-state index contributed by atoms with van der Waals surface area (Å²) >= 11 is 0. The second-order valence-corrected chi connectivity index (χ2v) is 23.9. The molecule has 6 rings (SSSR count). The average Bonchev–Trinajstić information content (AvgIpc) is 3.20. The Balaban J connectivity index is 1.30. The van der Waals surface area contributed by atoms with Gasteiger partial charge in [-0.1, -0.05) is 133 Å². The molecule has 0 amide bonds. The van der Waals surface area contributed by atoms with E-state index in [4.69, 9.17) is 27.1 Å². The minimum absolute atomic E-state index is 0.0319. The number of ketones is 1. The van der Waals surface area contributed by atoms with Crippen molar-refractivity contribution in [3.05, 3.63) is 59.7 Å². The molecule has 0 aromatic heterocycles. The molecule has 0 aliphatic heterocycles. The van der Waals surface area contributed by atoms with E-state index in [1.54, 1.807) is 0 Å².